The van der Waals surface area contributed by atoms with Gasteiger partial charge in [0.05, 0.1) is 17.0 Å². The van der Waals surface area contributed by atoms with Gasteiger partial charge >= 0.3 is 6.18 Å². The summed E-state index contributed by atoms with van der Waals surface area (Å²) in [5.74, 6) is 0.0307. The standard InChI is InChI=1S/C19H18F3N5O/c1-12-8-14(5-6-15(28)9-13-4-3-7-23-10-13)24-25-17(12)16-11-27(2)26-18(16)19(20,21)22/h3-4,7-8,10-11H,5-6,9H2,1-2H3. The van der Waals surface area contributed by atoms with Crippen LogP contribution in [0.4, 0.5) is 13.2 Å². The summed E-state index contributed by atoms with van der Waals surface area (Å²) in [4.78, 5) is 16.1. The molecule has 0 N–H and O–H groups in total. The van der Waals surface area contributed by atoms with Crippen molar-refractivity contribution >= 4 is 5.78 Å². The molecule has 0 spiro atoms. The molecule has 0 atom stereocenters. The zero-order chi connectivity index (χ0) is 20.3. The summed E-state index contributed by atoms with van der Waals surface area (Å²) in [6.45, 7) is 1.66. The second-order valence-electron chi connectivity index (χ2n) is 6.51. The highest BCUT2D eigenvalue weighted by Gasteiger charge is 2.38. The summed E-state index contributed by atoms with van der Waals surface area (Å²) >= 11 is 0. The van der Waals surface area contributed by atoms with E-state index in [0.29, 0.717) is 17.7 Å². The molecule has 3 aromatic rings. The van der Waals surface area contributed by atoms with Crippen LogP contribution in [0.25, 0.3) is 11.3 Å². The van der Waals surface area contributed by atoms with Crippen LogP contribution in [0.2, 0.25) is 0 Å². The third-order valence-electron chi connectivity index (χ3n) is 4.17. The molecule has 0 unspecified atom stereocenters. The topological polar surface area (TPSA) is 73.6 Å². The molecule has 0 aliphatic rings. The minimum absolute atomic E-state index is 0.0307. The summed E-state index contributed by atoms with van der Waals surface area (Å²) in [5.41, 5.74) is 0.958. The van der Waals surface area contributed by atoms with Crippen molar-refractivity contribution in [3.63, 3.8) is 0 Å². The lowest BCUT2D eigenvalue weighted by Gasteiger charge is -2.08. The molecular formula is C19H18F3N5O. The van der Waals surface area contributed by atoms with Crippen molar-refractivity contribution in [2.75, 3.05) is 0 Å². The van der Waals surface area contributed by atoms with Gasteiger partial charge in [-0.25, -0.2) is 0 Å². The van der Waals surface area contributed by atoms with E-state index < -0.39 is 11.9 Å². The summed E-state index contributed by atoms with van der Waals surface area (Å²) in [7, 11) is 1.42. The first-order chi connectivity index (χ1) is 13.2. The van der Waals surface area contributed by atoms with E-state index >= 15 is 0 Å². The van der Waals surface area contributed by atoms with Gasteiger partial charge in [0.2, 0.25) is 0 Å². The van der Waals surface area contributed by atoms with Gasteiger partial charge in [0.15, 0.2) is 5.69 Å². The smallest absolute Gasteiger partial charge is 0.299 e. The molecule has 3 rings (SSSR count). The average molecular weight is 389 g/mol. The predicted molar refractivity (Wildman–Crippen MR) is 95.2 cm³/mol. The van der Waals surface area contributed by atoms with Crippen molar-refractivity contribution in [2.45, 2.75) is 32.4 Å². The number of aromatic nitrogens is 5. The van der Waals surface area contributed by atoms with Gasteiger partial charge in [-0.2, -0.15) is 23.4 Å². The highest BCUT2D eigenvalue weighted by molar-refractivity contribution is 5.81. The molecule has 146 valence electrons. The number of carbonyl (C=O) groups is 1. The summed E-state index contributed by atoms with van der Waals surface area (Å²) in [6.07, 6.45) is 0.889. The highest BCUT2D eigenvalue weighted by Crippen LogP contribution is 2.36. The van der Waals surface area contributed by atoms with Crippen LogP contribution in [0.1, 0.15) is 28.9 Å². The zero-order valence-corrected chi connectivity index (χ0v) is 15.4. The van der Waals surface area contributed by atoms with Crippen molar-refractivity contribution in [1.82, 2.24) is 25.0 Å². The monoisotopic (exact) mass is 389 g/mol. The molecule has 0 fully saturated rings. The van der Waals surface area contributed by atoms with Gasteiger partial charge in [0.25, 0.3) is 0 Å². The normalized spacial score (nSPS) is 11.6. The molecule has 0 saturated heterocycles. The quantitative estimate of drug-likeness (QED) is 0.647. The van der Waals surface area contributed by atoms with E-state index in [-0.39, 0.29) is 29.9 Å². The maximum atomic E-state index is 13.2. The first-order valence-electron chi connectivity index (χ1n) is 8.59. The fraction of sp³-hybridized carbons (Fsp3) is 0.316. The molecule has 6 nitrogen and oxygen atoms in total. The number of aryl methyl sites for hydroxylation is 3. The Morgan fingerprint density at radius 3 is 2.68 bits per heavy atom. The third kappa shape index (κ3) is 4.59. The van der Waals surface area contributed by atoms with Gasteiger partial charge in [-0.3, -0.25) is 14.5 Å². The Hall–Kier alpha value is -3.10. The fourth-order valence-electron chi connectivity index (χ4n) is 2.89. The van der Waals surface area contributed by atoms with Crippen molar-refractivity contribution in [3.8, 4) is 11.3 Å². The van der Waals surface area contributed by atoms with E-state index in [4.69, 9.17) is 0 Å². The maximum Gasteiger partial charge on any atom is 0.435 e. The Balaban J connectivity index is 1.72. The van der Waals surface area contributed by atoms with E-state index in [1.165, 1.54) is 13.2 Å². The van der Waals surface area contributed by atoms with Crippen molar-refractivity contribution in [1.29, 1.82) is 0 Å². The molecule has 28 heavy (non-hydrogen) atoms. The molecule has 0 bridgehead atoms. The SMILES string of the molecule is Cc1cc(CCC(=O)Cc2cccnc2)nnc1-c1cn(C)nc1C(F)(F)F. The minimum atomic E-state index is -4.58. The van der Waals surface area contributed by atoms with Crippen molar-refractivity contribution in [3.05, 3.63) is 59.3 Å². The lowest BCUT2D eigenvalue weighted by Crippen LogP contribution is -2.10. The Morgan fingerprint density at radius 2 is 2.04 bits per heavy atom. The zero-order valence-electron chi connectivity index (χ0n) is 15.4. The molecule has 0 radical (unpaired) electrons. The number of halogens is 3. The van der Waals surface area contributed by atoms with Gasteiger partial charge in [0.1, 0.15) is 5.78 Å². The number of Topliss-reactive ketones (excluding diaryl/α,β-unsaturated/α-hetero) is 1. The number of alkyl halides is 3. The lowest BCUT2D eigenvalue weighted by atomic mass is 10.0. The summed E-state index contributed by atoms with van der Waals surface area (Å²) in [6, 6.07) is 5.26. The molecule has 3 heterocycles. The third-order valence-corrected chi connectivity index (χ3v) is 4.17. The predicted octanol–water partition coefficient (Wildman–Crippen LogP) is 3.34. The molecule has 0 saturated carbocycles. The Kier molecular flexibility index (Phi) is 5.53. The lowest BCUT2D eigenvalue weighted by molar-refractivity contribution is -0.141. The van der Waals surface area contributed by atoms with Crippen LogP contribution in [0.5, 0.6) is 0 Å². The fourth-order valence-corrected chi connectivity index (χ4v) is 2.89. The van der Waals surface area contributed by atoms with Crippen LogP contribution in [0.3, 0.4) is 0 Å². The number of pyridine rings is 1. The molecular weight excluding hydrogens is 371 g/mol. The number of carbonyl (C=O) groups excluding carboxylic acids is 1. The van der Waals surface area contributed by atoms with E-state index in [0.717, 1.165) is 10.2 Å². The second-order valence-corrected chi connectivity index (χ2v) is 6.51. The van der Waals surface area contributed by atoms with E-state index in [1.807, 2.05) is 6.07 Å². The van der Waals surface area contributed by atoms with Gasteiger partial charge in [-0.1, -0.05) is 6.07 Å². The highest BCUT2D eigenvalue weighted by atomic mass is 19.4. The Bertz CT molecular complexity index is 983. The van der Waals surface area contributed by atoms with E-state index in [1.54, 1.807) is 31.5 Å². The van der Waals surface area contributed by atoms with Crippen molar-refractivity contribution < 1.29 is 18.0 Å². The van der Waals surface area contributed by atoms with Gasteiger partial charge < -0.3 is 0 Å². The Labute approximate surface area is 159 Å². The number of nitrogens with zero attached hydrogens (tertiary/aromatic N) is 5. The van der Waals surface area contributed by atoms with E-state index in [9.17, 15) is 18.0 Å². The number of hydrogen-bond donors (Lipinski definition) is 0. The van der Waals surface area contributed by atoms with Gasteiger partial charge in [-0.15, -0.1) is 5.10 Å². The molecule has 0 amide bonds. The average Bonchev–Trinajstić information content (AvgIpc) is 3.03. The largest absolute Gasteiger partial charge is 0.435 e. The second kappa shape index (κ2) is 7.87. The van der Waals surface area contributed by atoms with Crippen LogP contribution < -0.4 is 0 Å². The van der Waals surface area contributed by atoms with Crippen LogP contribution in [0, 0.1) is 6.92 Å². The first-order valence-corrected chi connectivity index (χ1v) is 8.59. The molecule has 3 aromatic heterocycles. The molecule has 0 aromatic carbocycles. The maximum absolute atomic E-state index is 13.2. The molecule has 9 heteroatoms. The number of rotatable bonds is 6. The molecule has 0 aliphatic heterocycles. The van der Waals surface area contributed by atoms with Crippen LogP contribution in [-0.4, -0.2) is 30.7 Å². The summed E-state index contributed by atoms with van der Waals surface area (Å²) < 4.78 is 40.6. The number of ketones is 1. The minimum Gasteiger partial charge on any atom is -0.299 e. The van der Waals surface area contributed by atoms with Gasteiger partial charge in [-0.05, 0) is 36.6 Å². The van der Waals surface area contributed by atoms with Crippen LogP contribution in [0.15, 0.2) is 36.8 Å². The molecule has 0 aliphatic carbocycles. The van der Waals surface area contributed by atoms with Crippen LogP contribution in [-0.2, 0) is 30.9 Å². The Morgan fingerprint density at radius 1 is 1.25 bits per heavy atom. The van der Waals surface area contributed by atoms with Crippen LogP contribution >= 0.6 is 0 Å². The van der Waals surface area contributed by atoms with Gasteiger partial charge in [0, 0.05) is 38.5 Å². The van der Waals surface area contributed by atoms with E-state index in [2.05, 4.69) is 20.3 Å². The first kappa shape index (κ1) is 19.7. The summed E-state index contributed by atoms with van der Waals surface area (Å²) in [5, 5.41) is 11.5. The van der Waals surface area contributed by atoms with Crippen molar-refractivity contribution in [2.24, 2.45) is 7.05 Å². The number of hydrogen-bond acceptors (Lipinski definition) is 5.